The van der Waals surface area contributed by atoms with Gasteiger partial charge in [-0.05, 0) is 0 Å². The van der Waals surface area contributed by atoms with Crippen molar-refractivity contribution in [3.05, 3.63) is 0 Å². The number of methoxy groups -OCH3 is 1. The van der Waals surface area contributed by atoms with Gasteiger partial charge in [-0.3, -0.25) is 14.4 Å². The van der Waals surface area contributed by atoms with Crippen molar-refractivity contribution in [3.63, 3.8) is 0 Å². The minimum absolute atomic E-state index is 0.0759. The lowest BCUT2D eigenvalue weighted by Crippen LogP contribution is -2.59. The number of esters is 4. The van der Waals surface area contributed by atoms with Crippen LogP contribution in [0.25, 0.3) is 0 Å². The van der Waals surface area contributed by atoms with Gasteiger partial charge >= 0.3 is 23.9 Å². The van der Waals surface area contributed by atoms with Gasteiger partial charge in [0.15, 0.2) is 11.7 Å². The summed E-state index contributed by atoms with van der Waals surface area (Å²) < 4.78 is 25.2. The molecule has 1 aliphatic rings. The van der Waals surface area contributed by atoms with E-state index in [9.17, 15) is 24.3 Å². The molecule has 4 atom stereocenters. The number of rotatable bonds is 7. The molecule has 0 spiro atoms. The van der Waals surface area contributed by atoms with Crippen molar-refractivity contribution in [3.8, 4) is 0 Å². The molecule has 1 saturated carbocycles. The van der Waals surface area contributed by atoms with Crippen LogP contribution in [0.1, 0.15) is 33.6 Å². The zero-order valence-electron chi connectivity index (χ0n) is 15.2. The molecule has 0 aliphatic heterocycles. The minimum Gasteiger partial charge on any atom is -0.467 e. The second kappa shape index (κ2) is 9.48. The van der Waals surface area contributed by atoms with Gasteiger partial charge in [-0.15, -0.1) is 0 Å². The summed E-state index contributed by atoms with van der Waals surface area (Å²) in [5.74, 6) is -2.76. The standard InChI is InChI=1S/C16H24O10/c1-9(17)23-5-6-24-12-7-16(21,15(20)22-4)8-13(25-10(2)18)14(12)26-11(3)19/h12-14,21H,5-8H2,1-4H3/t12-,13-,14+,16-/m1/s1. The van der Waals surface area contributed by atoms with Crippen LogP contribution >= 0.6 is 0 Å². The molecule has 0 aromatic heterocycles. The summed E-state index contributed by atoms with van der Waals surface area (Å²) in [5.41, 5.74) is -1.99. The van der Waals surface area contributed by atoms with Crippen LogP contribution in [-0.2, 0) is 42.9 Å². The Labute approximate surface area is 150 Å². The van der Waals surface area contributed by atoms with Gasteiger partial charge in [-0.1, -0.05) is 0 Å². The van der Waals surface area contributed by atoms with Crippen LogP contribution < -0.4 is 0 Å². The van der Waals surface area contributed by atoms with Gasteiger partial charge in [-0.2, -0.15) is 0 Å². The highest BCUT2D eigenvalue weighted by Gasteiger charge is 2.53. The SMILES string of the molecule is COC(=O)[C@@]1(O)C[C@@H](OCCOC(C)=O)[C@H](OC(C)=O)[C@H](OC(C)=O)C1. The van der Waals surface area contributed by atoms with Gasteiger partial charge in [0.05, 0.1) is 13.7 Å². The number of carbonyl (C=O) groups excluding carboxylic acids is 4. The zero-order valence-corrected chi connectivity index (χ0v) is 15.2. The van der Waals surface area contributed by atoms with E-state index in [1.807, 2.05) is 0 Å². The molecule has 1 N–H and O–H groups in total. The highest BCUT2D eigenvalue weighted by atomic mass is 16.6. The van der Waals surface area contributed by atoms with E-state index in [0.717, 1.165) is 14.0 Å². The Morgan fingerprint density at radius 2 is 1.50 bits per heavy atom. The van der Waals surface area contributed by atoms with E-state index in [4.69, 9.17) is 18.9 Å². The van der Waals surface area contributed by atoms with E-state index in [1.54, 1.807) is 0 Å². The third kappa shape index (κ3) is 6.26. The summed E-state index contributed by atoms with van der Waals surface area (Å²) in [6, 6.07) is 0. The number of aliphatic hydroxyl groups is 1. The van der Waals surface area contributed by atoms with Gasteiger partial charge in [0.1, 0.15) is 18.8 Å². The maximum Gasteiger partial charge on any atom is 0.338 e. The molecule has 0 saturated heterocycles. The van der Waals surface area contributed by atoms with E-state index in [1.165, 1.54) is 13.8 Å². The molecule has 0 amide bonds. The molecule has 1 rings (SSSR count). The summed E-state index contributed by atoms with van der Waals surface area (Å²) in [6.45, 7) is 3.39. The van der Waals surface area contributed by atoms with Crippen molar-refractivity contribution in [1.29, 1.82) is 0 Å². The quantitative estimate of drug-likeness (QED) is 0.352. The molecule has 0 heterocycles. The van der Waals surface area contributed by atoms with Crippen LogP contribution in [0, 0.1) is 0 Å². The molecular formula is C16H24O10. The van der Waals surface area contributed by atoms with E-state index in [-0.39, 0.29) is 26.1 Å². The number of hydrogen-bond acceptors (Lipinski definition) is 10. The Kier molecular flexibility index (Phi) is 7.97. The molecule has 10 nitrogen and oxygen atoms in total. The van der Waals surface area contributed by atoms with Crippen LogP contribution in [0.5, 0.6) is 0 Å². The fraction of sp³-hybridized carbons (Fsp3) is 0.750. The fourth-order valence-electron chi connectivity index (χ4n) is 2.78. The summed E-state index contributed by atoms with van der Waals surface area (Å²) in [6.07, 6.45) is -3.72. The second-order valence-corrected chi connectivity index (χ2v) is 5.90. The second-order valence-electron chi connectivity index (χ2n) is 5.90. The zero-order chi connectivity index (χ0) is 19.9. The van der Waals surface area contributed by atoms with Crippen LogP contribution in [0.2, 0.25) is 0 Å². The third-order valence-electron chi connectivity index (χ3n) is 3.72. The average Bonchev–Trinajstić information content (AvgIpc) is 2.52. The lowest BCUT2D eigenvalue weighted by Gasteiger charge is -2.42. The van der Waals surface area contributed by atoms with Crippen LogP contribution in [0.15, 0.2) is 0 Å². The van der Waals surface area contributed by atoms with Crippen molar-refractivity contribution in [2.45, 2.75) is 57.5 Å². The number of ether oxygens (including phenoxy) is 5. The van der Waals surface area contributed by atoms with Crippen LogP contribution in [0.3, 0.4) is 0 Å². The van der Waals surface area contributed by atoms with Crippen LogP contribution in [0.4, 0.5) is 0 Å². The molecule has 0 aromatic carbocycles. The van der Waals surface area contributed by atoms with E-state index in [0.29, 0.717) is 0 Å². The molecular weight excluding hydrogens is 352 g/mol. The topological polar surface area (TPSA) is 135 Å². The highest BCUT2D eigenvalue weighted by Crippen LogP contribution is 2.35. The molecule has 1 aliphatic carbocycles. The van der Waals surface area contributed by atoms with Gasteiger partial charge in [0.2, 0.25) is 0 Å². The molecule has 0 bridgehead atoms. The van der Waals surface area contributed by atoms with Gasteiger partial charge in [0, 0.05) is 33.6 Å². The number of carbonyl (C=O) groups is 4. The average molecular weight is 376 g/mol. The predicted molar refractivity (Wildman–Crippen MR) is 83.7 cm³/mol. The summed E-state index contributed by atoms with van der Waals surface area (Å²) in [4.78, 5) is 45.6. The molecule has 10 heteroatoms. The van der Waals surface area contributed by atoms with Gasteiger partial charge in [0.25, 0.3) is 0 Å². The van der Waals surface area contributed by atoms with Crippen LogP contribution in [-0.4, -0.2) is 73.2 Å². The number of hydrogen-bond donors (Lipinski definition) is 1. The Bertz CT molecular complexity index is 545. The van der Waals surface area contributed by atoms with E-state index in [2.05, 4.69) is 4.74 Å². The maximum absolute atomic E-state index is 12.0. The molecule has 26 heavy (non-hydrogen) atoms. The first-order chi connectivity index (χ1) is 12.1. The monoisotopic (exact) mass is 376 g/mol. The van der Waals surface area contributed by atoms with E-state index >= 15 is 0 Å². The normalized spacial score (nSPS) is 28.0. The first-order valence-corrected chi connectivity index (χ1v) is 7.99. The largest absolute Gasteiger partial charge is 0.467 e. The Hall–Kier alpha value is -2.20. The van der Waals surface area contributed by atoms with Gasteiger partial charge < -0.3 is 28.8 Å². The lowest BCUT2D eigenvalue weighted by atomic mass is 9.79. The third-order valence-corrected chi connectivity index (χ3v) is 3.72. The first kappa shape index (κ1) is 21.8. The van der Waals surface area contributed by atoms with Gasteiger partial charge in [-0.25, -0.2) is 4.79 Å². The van der Waals surface area contributed by atoms with Crippen molar-refractivity contribution in [2.75, 3.05) is 20.3 Å². The molecule has 0 radical (unpaired) electrons. The molecule has 1 fully saturated rings. The van der Waals surface area contributed by atoms with Crippen molar-refractivity contribution >= 4 is 23.9 Å². The Morgan fingerprint density at radius 1 is 0.923 bits per heavy atom. The molecule has 148 valence electrons. The summed E-state index contributed by atoms with van der Waals surface area (Å²) >= 11 is 0. The Balaban J connectivity index is 3.01. The maximum atomic E-state index is 12.0. The first-order valence-electron chi connectivity index (χ1n) is 7.99. The highest BCUT2D eigenvalue weighted by molar-refractivity contribution is 5.79. The van der Waals surface area contributed by atoms with Crippen molar-refractivity contribution in [1.82, 2.24) is 0 Å². The summed E-state index contributed by atoms with van der Waals surface area (Å²) in [7, 11) is 1.11. The lowest BCUT2D eigenvalue weighted by molar-refractivity contribution is -0.215. The molecule has 0 aromatic rings. The fourth-order valence-corrected chi connectivity index (χ4v) is 2.78. The minimum atomic E-state index is -1.99. The molecule has 0 unspecified atom stereocenters. The Morgan fingerprint density at radius 3 is 2.00 bits per heavy atom. The van der Waals surface area contributed by atoms with Crippen molar-refractivity contribution < 1.29 is 48.0 Å². The predicted octanol–water partition coefficient (Wildman–Crippen LogP) is -0.504. The van der Waals surface area contributed by atoms with Crippen molar-refractivity contribution in [2.24, 2.45) is 0 Å². The summed E-state index contributed by atoms with van der Waals surface area (Å²) in [5, 5.41) is 10.6. The van der Waals surface area contributed by atoms with E-state index < -0.39 is 47.8 Å². The smallest absolute Gasteiger partial charge is 0.338 e.